The summed E-state index contributed by atoms with van der Waals surface area (Å²) in [5.41, 5.74) is 16.4. The standard InChI is InChI=1S/C40H46/c1-9-13-27(6)38-28(7)21-34-24-33(29(8)39(34)40(38)36-15-12-11-14-31(36)10-2)23-30-17-18-32(22-30)35-19-16-26(5)20-37(35)25(3)4/h11-12,14-21,23,28,38-40H,3,6,8-10,13,22,24H2,1-2,4-5,7H3. The Morgan fingerprint density at radius 1 is 1.02 bits per heavy atom. The maximum absolute atomic E-state index is 4.79. The molecule has 0 aromatic heterocycles. The number of allylic oxidation sites excluding steroid dienone is 11. The lowest BCUT2D eigenvalue weighted by molar-refractivity contribution is 0.321. The third kappa shape index (κ3) is 5.22. The van der Waals surface area contributed by atoms with E-state index >= 15 is 0 Å². The Hall–Kier alpha value is -3.38. The van der Waals surface area contributed by atoms with Crippen molar-refractivity contribution >= 4 is 11.1 Å². The van der Waals surface area contributed by atoms with Crippen molar-refractivity contribution in [1.29, 1.82) is 0 Å². The molecule has 0 aliphatic heterocycles. The average Bonchev–Trinajstić information content (AvgIpc) is 3.52. The van der Waals surface area contributed by atoms with Crippen molar-refractivity contribution < 1.29 is 0 Å². The molecule has 0 spiro atoms. The maximum atomic E-state index is 4.79. The average molecular weight is 527 g/mol. The molecule has 0 radical (unpaired) electrons. The van der Waals surface area contributed by atoms with Crippen molar-refractivity contribution in [1.82, 2.24) is 0 Å². The van der Waals surface area contributed by atoms with Crippen molar-refractivity contribution in [3.05, 3.63) is 142 Å². The third-order valence-corrected chi connectivity index (χ3v) is 9.44. The molecule has 0 amide bonds. The molecular formula is C40H46. The number of rotatable bonds is 8. The molecule has 5 rings (SSSR count). The monoisotopic (exact) mass is 526 g/mol. The van der Waals surface area contributed by atoms with E-state index in [1.165, 1.54) is 55.7 Å². The minimum atomic E-state index is 0.357. The normalized spacial score (nSPS) is 25.0. The van der Waals surface area contributed by atoms with E-state index in [1.807, 2.05) is 0 Å². The number of hydrogen-bond acceptors (Lipinski definition) is 0. The van der Waals surface area contributed by atoms with E-state index < -0.39 is 0 Å². The molecule has 0 nitrogen and oxygen atoms in total. The van der Waals surface area contributed by atoms with E-state index in [4.69, 9.17) is 6.58 Å². The second-order valence-electron chi connectivity index (χ2n) is 12.4. The van der Waals surface area contributed by atoms with Gasteiger partial charge in [-0.3, -0.25) is 0 Å². The lowest BCUT2D eigenvalue weighted by Gasteiger charge is -2.42. The van der Waals surface area contributed by atoms with Gasteiger partial charge < -0.3 is 0 Å². The minimum Gasteiger partial charge on any atom is -0.0995 e. The number of benzene rings is 2. The van der Waals surface area contributed by atoms with Crippen LogP contribution in [0.15, 0.2) is 114 Å². The highest BCUT2D eigenvalue weighted by atomic mass is 14.5. The van der Waals surface area contributed by atoms with Gasteiger partial charge in [0.1, 0.15) is 0 Å². The van der Waals surface area contributed by atoms with Crippen molar-refractivity contribution in [2.24, 2.45) is 17.8 Å². The second kappa shape index (κ2) is 11.6. The van der Waals surface area contributed by atoms with Crippen LogP contribution in [0.1, 0.15) is 87.1 Å². The van der Waals surface area contributed by atoms with Crippen LogP contribution < -0.4 is 0 Å². The van der Waals surface area contributed by atoms with Crippen molar-refractivity contribution in [3.8, 4) is 0 Å². The smallest absolute Gasteiger partial charge is 0.0123 e. The number of hydrogen-bond donors (Lipinski definition) is 0. The molecule has 206 valence electrons. The van der Waals surface area contributed by atoms with Gasteiger partial charge in [0, 0.05) is 11.8 Å². The molecule has 3 aliphatic rings. The molecule has 4 atom stereocenters. The summed E-state index contributed by atoms with van der Waals surface area (Å²) >= 11 is 0. The summed E-state index contributed by atoms with van der Waals surface area (Å²) < 4.78 is 0. The zero-order valence-electron chi connectivity index (χ0n) is 25.3. The molecule has 0 bridgehead atoms. The van der Waals surface area contributed by atoms with E-state index in [9.17, 15) is 0 Å². The zero-order chi connectivity index (χ0) is 28.6. The molecule has 2 aromatic rings. The van der Waals surface area contributed by atoms with Crippen LogP contribution in [0.2, 0.25) is 0 Å². The van der Waals surface area contributed by atoms with Crippen LogP contribution in [-0.2, 0) is 6.42 Å². The van der Waals surface area contributed by atoms with Gasteiger partial charge in [-0.2, -0.15) is 0 Å². The first kappa shape index (κ1) is 28.2. The van der Waals surface area contributed by atoms with Gasteiger partial charge in [-0.1, -0.05) is 136 Å². The lowest BCUT2D eigenvalue weighted by atomic mass is 9.61. The minimum absolute atomic E-state index is 0.357. The third-order valence-electron chi connectivity index (χ3n) is 9.44. The molecule has 3 aliphatic carbocycles. The predicted molar refractivity (Wildman–Crippen MR) is 175 cm³/mol. The largest absolute Gasteiger partial charge is 0.0995 e. The SMILES string of the molecule is C=C(C)c1cc(C)ccc1C1=CC=C(C=C2CC3=CC(C)C(C(=C)CCC)C(c4ccccc4CC)C3C2=C)C1. The molecule has 0 saturated heterocycles. The Morgan fingerprint density at radius 3 is 2.52 bits per heavy atom. The lowest BCUT2D eigenvalue weighted by Crippen LogP contribution is -2.32. The second-order valence-corrected chi connectivity index (χ2v) is 12.4. The van der Waals surface area contributed by atoms with Gasteiger partial charge in [0.15, 0.2) is 0 Å². The van der Waals surface area contributed by atoms with Crippen LogP contribution >= 0.6 is 0 Å². The molecule has 0 heteroatoms. The van der Waals surface area contributed by atoms with Crippen LogP contribution in [0.3, 0.4) is 0 Å². The Kier molecular flexibility index (Phi) is 8.18. The van der Waals surface area contributed by atoms with Crippen molar-refractivity contribution in [2.45, 2.75) is 72.6 Å². The van der Waals surface area contributed by atoms with Gasteiger partial charge in [-0.25, -0.2) is 0 Å². The zero-order valence-corrected chi connectivity index (χ0v) is 25.3. The van der Waals surface area contributed by atoms with Crippen LogP contribution in [0, 0.1) is 24.7 Å². The molecule has 40 heavy (non-hydrogen) atoms. The van der Waals surface area contributed by atoms with Crippen LogP contribution in [0.5, 0.6) is 0 Å². The van der Waals surface area contributed by atoms with E-state index in [2.05, 4.69) is 115 Å². The van der Waals surface area contributed by atoms with Crippen molar-refractivity contribution in [2.75, 3.05) is 0 Å². The van der Waals surface area contributed by atoms with Crippen molar-refractivity contribution in [3.63, 3.8) is 0 Å². The van der Waals surface area contributed by atoms with E-state index in [0.29, 0.717) is 23.7 Å². The fourth-order valence-electron chi connectivity index (χ4n) is 7.61. The number of fused-ring (bicyclic) bond motifs is 1. The van der Waals surface area contributed by atoms with Gasteiger partial charge in [0.25, 0.3) is 0 Å². The molecule has 0 N–H and O–H groups in total. The van der Waals surface area contributed by atoms with Gasteiger partial charge >= 0.3 is 0 Å². The maximum Gasteiger partial charge on any atom is 0.0123 e. The highest BCUT2D eigenvalue weighted by Crippen LogP contribution is 2.57. The molecule has 1 fully saturated rings. The summed E-state index contributed by atoms with van der Waals surface area (Å²) in [7, 11) is 0. The first-order chi connectivity index (χ1) is 19.2. The van der Waals surface area contributed by atoms with Gasteiger partial charge in [0.2, 0.25) is 0 Å². The van der Waals surface area contributed by atoms with Crippen LogP contribution in [0.4, 0.5) is 0 Å². The van der Waals surface area contributed by atoms with Gasteiger partial charge in [0.05, 0.1) is 0 Å². The fourth-order valence-corrected chi connectivity index (χ4v) is 7.61. The summed E-state index contributed by atoms with van der Waals surface area (Å²) in [4.78, 5) is 0. The van der Waals surface area contributed by atoms with Gasteiger partial charge in [-0.05, 0) is 95.9 Å². The van der Waals surface area contributed by atoms with Crippen LogP contribution in [0.25, 0.3) is 11.1 Å². The Morgan fingerprint density at radius 2 is 1.80 bits per heavy atom. The summed E-state index contributed by atoms with van der Waals surface area (Å²) in [6.45, 7) is 24.9. The highest BCUT2D eigenvalue weighted by Gasteiger charge is 2.45. The molecule has 0 heterocycles. The topological polar surface area (TPSA) is 0 Å². The summed E-state index contributed by atoms with van der Waals surface area (Å²) in [5.74, 6) is 1.68. The summed E-state index contributed by atoms with van der Waals surface area (Å²) in [6, 6.07) is 15.9. The molecular weight excluding hydrogens is 480 g/mol. The first-order valence-electron chi connectivity index (χ1n) is 15.3. The predicted octanol–water partition coefficient (Wildman–Crippen LogP) is 11.1. The summed E-state index contributed by atoms with van der Waals surface area (Å²) in [6.07, 6.45) is 14.9. The van der Waals surface area contributed by atoms with E-state index in [1.54, 1.807) is 5.57 Å². The van der Waals surface area contributed by atoms with Crippen LogP contribution in [-0.4, -0.2) is 0 Å². The Balaban J connectivity index is 1.47. The molecule has 2 aromatic carbocycles. The molecule has 4 unspecified atom stereocenters. The Labute approximate surface area is 243 Å². The Bertz CT molecular complexity index is 1480. The van der Waals surface area contributed by atoms with Gasteiger partial charge in [-0.15, -0.1) is 0 Å². The first-order valence-corrected chi connectivity index (χ1v) is 15.3. The highest BCUT2D eigenvalue weighted by molar-refractivity contribution is 5.82. The fraction of sp³-hybridized carbons (Fsp3) is 0.350. The molecule has 1 saturated carbocycles. The van der Waals surface area contributed by atoms with E-state index in [0.717, 1.165) is 37.7 Å². The number of aryl methyl sites for hydroxylation is 2. The van der Waals surface area contributed by atoms with E-state index in [-0.39, 0.29) is 0 Å². The summed E-state index contributed by atoms with van der Waals surface area (Å²) in [5, 5.41) is 0. The quantitative estimate of drug-likeness (QED) is 0.300.